The Kier molecular flexibility index (Phi) is 5.57. The summed E-state index contributed by atoms with van der Waals surface area (Å²) < 4.78 is 41.1. The second kappa shape index (κ2) is 8.45. The molecule has 0 saturated heterocycles. The van der Waals surface area contributed by atoms with E-state index in [1.165, 1.54) is 24.3 Å². The Morgan fingerprint density at radius 2 is 1.63 bits per heavy atom. The molecule has 0 fully saturated rings. The van der Waals surface area contributed by atoms with Crippen LogP contribution in [0.5, 0.6) is 0 Å². The van der Waals surface area contributed by atoms with E-state index in [1.807, 2.05) is 24.3 Å². The Morgan fingerprint density at radius 1 is 0.900 bits per heavy atom. The average molecular weight is 408 g/mol. The number of carbonyl (C=O) groups excluding carboxylic acids is 1. The number of aromatic nitrogens is 1. The highest BCUT2D eigenvalue weighted by atomic mass is 19.1. The maximum atomic E-state index is 14.6. The highest BCUT2D eigenvalue weighted by molar-refractivity contribution is 5.86. The number of carbonyl (C=O) groups is 1. The fourth-order valence-electron chi connectivity index (χ4n) is 3.61. The molecule has 1 heterocycles. The average Bonchev–Trinajstić information content (AvgIpc) is 3.16. The van der Waals surface area contributed by atoms with Gasteiger partial charge in [-0.25, -0.2) is 13.2 Å². The normalized spacial score (nSPS) is 12.1. The van der Waals surface area contributed by atoms with Gasteiger partial charge in [0.25, 0.3) is 0 Å². The van der Waals surface area contributed by atoms with Crippen LogP contribution in [-0.4, -0.2) is 10.9 Å². The largest absolute Gasteiger partial charge is 0.361 e. The molecule has 2 N–H and O–H groups in total. The summed E-state index contributed by atoms with van der Waals surface area (Å²) in [5, 5.41) is 3.66. The monoisotopic (exact) mass is 408 g/mol. The first-order valence-corrected chi connectivity index (χ1v) is 9.53. The van der Waals surface area contributed by atoms with E-state index < -0.39 is 17.6 Å². The van der Waals surface area contributed by atoms with Crippen LogP contribution in [0.3, 0.4) is 0 Å². The highest BCUT2D eigenvalue weighted by Gasteiger charge is 2.24. The lowest BCUT2D eigenvalue weighted by atomic mass is 9.87. The van der Waals surface area contributed by atoms with E-state index in [1.54, 1.807) is 18.3 Å². The SMILES string of the molecule is O=C(CC(c1ccc(F)cc1F)c1c[nH]c2ccccc12)NCc1ccc(F)cc1. The fourth-order valence-corrected chi connectivity index (χ4v) is 3.61. The Bertz CT molecular complexity index is 1180. The number of hydrogen-bond acceptors (Lipinski definition) is 1. The molecule has 1 unspecified atom stereocenters. The number of halogens is 3. The zero-order valence-electron chi connectivity index (χ0n) is 16.0. The van der Waals surface area contributed by atoms with Crippen LogP contribution in [0.15, 0.2) is 72.9 Å². The van der Waals surface area contributed by atoms with Crippen molar-refractivity contribution in [3.63, 3.8) is 0 Å². The summed E-state index contributed by atoms with van der Waals surface area (Å²) in [4.78, 5) is 15.8. The molecule has 0 aliphatic carbocycles. The van der Waals surface area contributed by atoms with Gasteiger partial charge in [0.05, 0.1) is 0 Å². The third-order valence-electron chi connectivity index (χ3n) is 5.13. The lowest BCUT2D eigenvalue weighted by Gasteiger charge is -2.18. The molecule has 6 heteroatoms. The minimum Gasteiger partial charge on any atom is -0.361 e. The summed E-state index contributed by atoms with van der Waals surface area (Å²) >= 11 is 0. The van der Waals surface area contributed by atoms with E-state index in [-0.39, 0.29) is 30.3 Å². The van der Waals surface area contributed by atoms with Crippen molar-refractivity contribution >= 4 is 16.8 Å². The molecule has 1 aromatic heterocycles. The van der Waals surface area contributed by atoms with Crippen molar-refractivity contribution in [3.8, 4) is 0 Å². The van der Waals surface area contributed by atoms with Crippen molar-refractivity contribution in [2.24, 2.45) is 0 Å². The lowest BCUT2D eigenvalue weighted by molar-refractivity contribution is -0.121. The molecule has 4 aromatic rings. The minimum atomic E-state index is -0.698. The second-order valence-electron chi connectivity index (χ2n) is 7.12. The van der Waals surface area contributed by atoms with Crippen LogP contribution >= 0.6 is 0 Å². The van der Waals surface area contributed by atoms with Crippen LogP contribution in [0, 0.1) is 17.5 Å². The van der Waals surface area contributed by atoms with Crippen molar-refractivity contribution in [2.45, 2.75) is 18.9 Å². The number of fused-ring (bicyclic) bond motifs is 1. The summed E-state index contributed by atoms with van der Waals surface area (Å²) in [6, 6.07) is 16.8. The van der Waals surface area contributed by atoms with Gasteiger partial charge >= 0.3 is 0 Å². The molecule has 152 valence electrons. The Morgan fingerprint density at radius 3 is 2.40 bits per heavy atom. The molecule has 0 radical (unpaired) electrons. The number of benzene rings is 3. The Balaban J connectivity index is 1.62. The summed E-state index contributed by atoms with van der Waals surface area (Å²) in [5.74, 6) is -2.61. The standard InChI is InChI=1S/C24H19F3N2O/c25-16-7-5-15(6-8-16)13-29-24(30)12-20(18-10-9-17(26)11-22(18)27)21-14-28-23-4-2-1-3-19(21)23/h1-11,14,20,28H,12-13H2,(H,29,30). The van der Waals surface area contributed by atoms with Gasteiger partial charge in [0, 0.05) is 42.0 Å². The predicted molar refractivity (Wildman–Crippen MR) is 109 cm³/mol. The van der Waals surface area contributed by atoms with Crippen molar-refractivity contribution in [1.29, 1.82) is 0 Å². The molecule has 0 spiro atoms. The van der Waals surface area contributed by atoms with Crippen molar-refractivity contribution in [3.05, 3.63) is 107 Å². The molecule has 4 rings (SSSR count). The number of nitrogens with one attached hydrogen (secondary N) is 2. The van der Waals surface area contributed by atoms with Crippen LogP contribution in [0.2, 0.25) is 0 Å². The molecule has 0 saturated carbocycles. The van der Waals surface area contributed by atoms with Gasteiger partial charge in [-0.3, -0.25) is 4.79 Å². The van der Waals surface area contributed by atoms with Gasteiger partial charge in [0.15, 0.2) is 0 Å². The van der Waals surface area contributed by atoms with E-state index in [0.29, 0.717) is 0 Å². The number of aromatic amines is 1. The molecule has 1 atom stereocenters. The molecular weight excluding hydrogens is 389 g/mol. The van der Waals surface area contributed by atoms with Gasteiger partial charge in [-0.1, -0.05) is 36.4 Å². The van der Waals surface area contributed by atoms with E-state index in [4.69, 9.17) is 0 Å². The van der Waals surface area contributed by atoms with Crippen LogP contribution in [0.25, 0.3) is 10.9 Å². The zero-order valence-corrected chi connectivity index (χ0v) is 16.0. The number of amides is 1. The van der Waals surface area contributed by atoms with Crippen LogP contribution < -0.4 is 5.32 Å². The van der Waals surface area contributed by atoms with Gasteiger partial charge in [-0.15, -0.1) is 0 Å². The third kappa shape index (κ3) is 4.22. The number of hydrogen-bond donors (Lipinski definition) is 2. The van der Waals surface area contributed by atoms with Gasteiger partial charge in [0.2, 0.25) is 5.91 Å². The minimum absolute atomic E-state index is 0.0222. The van der Waals surface area contributed by atoms with Crippen molar-refractivity contribution < 1.29 is 18.0 Å². The molecule has 0 bridgehead atoms. The number of para-hydroxylation sites is 1. The second-order valence-corrected chi connectivity index (χ2v) is 7.12. The quantitative estimate of drug-likeness (QED) is 0.439. The molecule has 3 aromatic carbocycles. The van der Waals surface area contributed by atoms with Crippen molar-refractivity contribution in [2.75, 3.05) is 0 Å². The van der Waals surface area contributed by atoms with Crippen LogP contribution in [0.4, 0.5) is 13.2 Å². The third-order valence-corrected chi connectivity index (χ3v) is 5.13. The van der Waals surface area contributed by atoms with Gasteiger partial charge in [0.1, 0.15) is 17.5 Å². The van der Waals surface area contributed by atoms with E-state index in [9.17, 15) is 18.0 Å². The van der Waals surface area contributed by atoms with Gasteiger partial charge < -0.3 is 10.3 Å². The molecule has 0 aliphatic heterocycles. The fraction of sp³-hybridized carbons (Fsp3) is 0.125. The first-order chi connectivity index (χ1) is 14.5. The molecule has 30 heavy (non-hydrogen) atoms. The lowest BCUT2D eigenvalue weighted by Crippen LogP contribution is -2.25. The van der Waals surface area contributed by atoms with Gasteiger partial charge in [-0.2, -0.15) is 0 Å². The predicted octanol–water partition coefficient (Wildman–Crippen LogP) is 5.42. The van der Waals surface area contributed by atoms with Gasteiger partial charge in [-0.05, 0) is 41.0 Å². The molecule has 0 aliphatic rings. The summed E-state index contributed by atoms with van der Waals surface area (Å²) in [7, 11) is 0. The first-order valence-electron chi connectivity index (χ1n) is 9.53. The smallest absolute Gasteiger partial charge is 0.221 e. The molecular formula is C24H19F3N2O. The molecule has 1 amide bonds. The van der Waals surface area contributed by atoms with Crippen molar-refractivity contribution in [1.82, 2.24) is 10.3 Å². The summed E-state index contributed by atoms with van der Waals surface area (Å²) in [5.41, 5.74) is 2.62. The number of rotatable bonds is 6. The van der Waals surface area contributed by atoms with Crippen LogP contribution in [0.1, 0.15) is 29.0 Å². The molecule has 3 nitrogen and oxygen atoms in total. The van der Waals surface area contributed by atoms with Crippen LogP contribution in [-0.2, 0) is 11.3 Å². The van der Waals surface area contributed by atoms with E-state index >= 15 is 0 Å². The maximum Gasteiger partial charge on any atom is 0.221 e. The Hall–Kier alpha value is -3.54. The topological polar surface area (TPSA) is 44.9 Å². The Labute approximate surface area is 171 Å². The van der Waals surface area contributed by atoms with E-state index in [0.717, 1.165) is 28.1 Å². The summed E-state index contributed by atoms with van der Waals surface area (Å²) in [6.07, 6.45) is 1.73. The zero-order chi connectivity index (χ0) is 21.1. The summed E-state index contributed by atoms with van der Waals surface area (Å²) in [6.45, 7) is 0.228. The van der Waals surface area contributed by atoms with E-state index in [2.05, 4.69) is 10.3 Å². The highest BCUT2D eigenvalue weighted by Crippen LogP contribution is 2.34. The number of H-pyrrole nitrogens is 1. The first kappa shape index (κ1) is 19.8. The maximum absolute atomic E-state index is 14.6.